The molecule has 0 saturated carbocycles. The predicted molar refractivity (Wildman–Crippen MR) is 69.8 cm³/mol. The highest BCUT2D eigenvalue weighted by molar-refractivity contribution is 6.32. The van der Waals surface area contributed by atoms with Crippen molar-refractivity contribution in [2.45, 2.75) is 6.61 Å². The summed E-state index contributed by atoms with van der Waals surface area (Å²) < 4.78 is 1.69. The lowest BCUT2D eigenvalue weighted by molar-refractivity contribution is 0.282. The normalized spacial score (nSPS) is 11.0. The molecule has 0 unspecified atom stereocenters. The fourth-order valence-electron chi connectivity index (χ4n) is 1.87. The minimum atomic E-state index is -0.0297. The van der Waals surface area contributed by atoms with Gasteiger partial charge in [-0.1, -0.05) is 35.0 Å². The van der Waals surface area contributed by atoms with E-state index in [1.54, 1.807) is 10.7 Å². The molecule has 0 bridgehead atoms. The summed E-state index contributed by atoms with van der Waals surface area (Å²) in [5.41, 5.74) is 3.24. The number of rotatable bonds is 2. The van der Waals surface area contributed by atoms with Crippen LogP contribution in [0.5, 0.6) is 0 Å². The predicted octanol–water partition coefficient (Wildman–Crippen LogP) is 2.57. The van der Waals surface area contributed by atoms with Crippen LogP contribution in [0.2, 0.25) is 5.02 Å². The molecule has 4 nitrogen and oxygen atoms in total. The van der Waals surface area contributed by atoms with E-state index in [2.05, 4.69) is 10.3 Å². The van der Waals surface area contributed by atoms with Gasteiger partial charge in [0.05, 0.1) is 22.8 Å². The number of hydrogen-bond acceptors (Lipinski definition) is 3. The lowest BCUT2D eigenvalue weighted by atomic mass is 10.2. The zero-order valence-corrected chi connectivity index (χ0v) is 10.2. The fraction of sp³-hybridized carbons (Fsp3) is 0.0769. The van der Waals surface area contributed by atoms with Crippen LogP contribution in [-0.4, -0.2) is 20.1 Å². The summed E-state index contributed by atoms with van der Waals surface area (Å²) in [5, 5.41) is 17.8. The van der Waals surface area contributed by atoms with E-state index in [-0.39, 0.29) is 6.61 Å². The molecule has 0 fully saturated rings. The number of hydrogen-bond donors (Lipinski definition) is 1. The molecule has 0 aliphatic carbocycles. The maximum absolute atomic E-state index is 9.06. The van der Waals surface area contributed by atoms with Crippen molar-refractivity contribution in [1.29, 1.82) is 0 Å². The zero-order valence-electron chi connectivity index (χ0n) is 9.42. The number of halogens is 1. The second-order valence-corrected chi connectivity index (χ2v) is 4.34. The van der Waals surface area contributed by atoms with Crippen LogP contribution < -0.4 is 0 Å². The largest absolute Gasteiger partial charge is 0.392 e. The Morgan fingerprint density at radius 3 is 2.78 bits per heavy atom. The standard InChI is InChI=1S/C13H10ClN3O/c14-10-7-9(8-18)5-6-12(10)17-13-4-2-1-3-11(13)15-16-17/h1-7,18H,8H2. The molecule has 0 atom stereocenters. The number of para-hydroxylation sites is 1. The van der Waals surface area contributed by atoms with Gasteiger partial charge in [-0.25, -0.2) is 4.68 Å². The topological polar surface area (TPSA) is 50.9 Å². The number of aliphatic hydroxyl groups excluding tert-OH is 1. The highest BCUT2D eigenvalue weighted by Gasteiger charge is 2.09. The highest BCUT2D eigenvalue weighted by atomic mass is 35.5. The van der Waals surface area contributed by atoms with Gasteiger partial charge in [-0.3, -0.25) is 0 Å². The smallest absolute Gasteiger partial charge is 0.113 e. The number of benzene rings is 2. The third-order valence-corrected chi connectivity index (χ3v) is 3.08. The van der Waals surface area contributed by atoms with Crippen LogP contribution in [0, 0.1) is 0 Å². The molecule has 18 heavy (non-hydrogen) atoms. The van der Waals surface area contributed by atoms with E-state index >= 15 is 0 Å². The Kier molecular flexibility index (Phi) is 2.74. The Morgan fingerprint density at radius 1 is 1.17 bits per heavy atom. The molecule has 90 valence electrons. The third kappa shape index (κ3) is 1.75. The summed E-state index contributed by atoms with van der Waals surface area (Å²) in [5.74, 6) is 0. The van der Waals surface area contributed by atoms with Gasteiger partial charge >= 0.3 is 0 Å². The van der Waals surface area contributed by atoms with Gasteiger partial charge in [-0.2, -0.15) is 0 Å². The Hall–Kier alpha value is -1.91. The molecule has 0 radical (unpaired) electrons. The molecule has 1 heterocycles. The minimum Gasteiger partial charge on any atom is -0.392 e. The Balaban J connectivity index is 2.20. The van der Waals surface area contributed by atoms with Crippen molar-refractivity contribution in [2.75, 3.05) is 0 Å². The van der Waals surface area contributed by atoms with E-state index < -0.39 is 0 Å². The Labute approximate surface area is 108 Å². The monoisotopic (exact) mass is 259 g/mol. The van der Waals surface area contributed by atoms with E-state index in [1.165, 1.54) is 0 Å². The van der Waals surface area contributed by atoms with E-state index in [9.17, 15) is 0 Å². The lowest BCUT2D eigenvalue weighted by Crippen LogP contribution is -1.98. The van der Waals surface area contributed by atoms with Crippen LogP contribution in [0.25, 0.3) is 16.7 Å². The molecular weight excluding hydrogens is 250 g/mol. The second-order valence-electron chi connectivity index (χ2n) is 3.93. The van der Waals surface area contributed by atoms with E-state index in [4.69, 9.17) is 16.7 Å². The van der Waals surface area contributed by atoms with Gasteiger partial charge in [0.25, 0.3) is 0 Å². The van der Waals surface area contributed by atoms with Gasteiger partial charge in [0.2, 0.25) is 0 Å². The van der Waals surface area contributed by atoms with Crippen molar-refractivity contribution >= 4 is 22.6 Å². The van der Waals surface area contributed by atoms with E-state index in [0.29, 0.717) is 5.02 Å². The van der Waals surface area contributed by atoms with E-state index in [1.807, 2.05) is 36.4 Å². The first-order chi connectivity index (χ1) is 8.79. The Morgan fingerprint density at radius 2 is 2.00 bits per heavy atom. The first-order valence-electron chi connectivity index (χ1n) is 5.49. The van der Waals surface area contributed by atoms with Crippen LogP contribution in [-0.2, 0) is 6.61 Å². The van der Waals surface area contributed by atoms with E-state index in [0.717, 1.165) is 22.3 Å². The van der Waals surface area contributed by atoms with Crippen LogP contribution in [0.3, 0.4) is 0 Å². The summed E-state index contributed by atoms with van der Waals surface area (Å²) in [7, 11) is 0. The minimum absolute atomic E-state index is 0.0297. The first-order valence-corrected chi connectivity index (χ1v) is 5.87. The van der Waals surface area contributed by atoms with Crippen molar-refractivity contribution in [3.05, 3.63) is 53.1 Å². The van der Waals surface area contributed by atoms with Crippen LogP contribution in [0.1, 0.15) is 5.56 Å². The second kappa shape index (κ2) is 4.40. The molecular formula is C13H10ClN3O. The van der Waals surface area contributed by atoms with Gasteiger partial charge in [-0.15, -0.1) is 5.10 Å². The first kappa shape index (κ1) is 11.2. The van der Waals surface area contributed by atoms with Crippen molar-refractivity contribution in [3.8, 4) is 5.69 Å². The van der Waals surface area contributed by atoms with Crippen molar-refractivity contribution < 1.29 is 5.11 Å². The summed E-state index contributed by atoms with van der Waals surface area (Å²) in [6, 6.07) is 13.1. The van der Waals surface area contributed by atoms with Crippen molar-refractivity contribution in [1.82, 2.24) is 15.0 Å². The van der Waals surface area contributed by atoms with Gasteiger partial charge < -0.3 is 5.11 Å². The van der Waals surface area contributed by atoms with Gasteiger partial charge in [0.1, 0.15) is 5.52 Å². The highest BCUT2D eigenvalue weighted by Crippen LogP contribution is 2.24. The molecule has 1 N–H and O–H groups in total. The van der Waals surface area contributed by atoms with Gasteiger partial charge in [0.15, 0.2) is 0 Å². The third-order valence-electron chi connectivity index (χ3n) is 2.77. The SMILES string of the molecule is OCc1ccc(-n2nnc3ccccc32)c(Cl)c1. The number of aromatic nitrogens is 3. The van der Waals surface area contributed by atoms with Gasteiger partial charge in [-0.05, 0) is 29.8 Å². The Bertz CT molecular complexity index is 708. The number of aliphatic hydroxyl groups is 1. The summed E-state index contributed by atoms with van der Waals surface area (Å²) in [4.78, 5) is 0. The quantitative estimate of drug-likeness (QED) is 0.770. The molecule has 0 saturated heterocycles. The fourth-order valence-corrected chi connectivity index (χ4v) is 2.15. The number of fused-ring (bicyclic) bond motifs is 1. The van der Waals surface area contributed by atoms with Crippen molar-refractivity contribution in [3.63, 3.8) is 0 Å². The lowest BCUT2D eigenvalue weighted by Gasteiger charge is -2.06. The van der Waals surface area contributed by atoms with Crippen molar-refractivity contribution in [2.24, 2.45) is 0 Å². The molecule has 1 aromatic heterocycles. The maximum atomic E-state index is 9.06. The molecule has 2 aromatic carbocycles. The molecule has 3 rings (SSSR count). The molecule has 3 aromatic rings. The molecule has 0 spiro atoms. The zero-order chi connectivity index (χ0) is 12.5. The molecule has 0 amide bonds. The van der Waals surface area contributed by atoms with Crippen LogP contribution in [0.4, 0.5) is 0 Å². The van der Waals surface area contributed by atoms with Gasteiger partial charge in [0, 0.05) is 0 Å². The summed E-state index contributed by atoms with van der Waals surface area (Å²) >= 11 is 6.20. The average molecular weight is 260 g/mol. The maximum Gasteiger partial charge on any atom is 0.113 e. The number of nitrogens with zero attached hydrogens (tertiary/aromatic N) is 3. The van der Waals surface area contributed by atoms with Crippen LogP contribution >= 0.6 is 11.6 Å². The van der Waals surface area contributed by atoms with Crippen LogP contribution in [0.15, 0.2) is 42.5 Å². The molecule has 5 heteroatoms. The summed E-state index contributed by atoms with van der Waals surface area (Å²) in [6.45, 7) is -0.0297. The molecule has 0 aliphatic rings. The summed E-state index contributed by atoms with van der Waals surface area (Å²) in [6.07, 6.45) is 0. The average Bonchev–Trinajstić information content (AvgIpc) is 2.82. The molecule has 0 aliphatic heterocycles.